The van der Waals surface area contributed by atoms with Gasteiger partial charge in [-0.15, -0.1) is 0 Å². The zero-order valence-corrected chi connectivity index (χ0v) is 18.1. The summed E-state index contributed by atoms with van der Waals surface area (Å²) in [5, 5.41) is 1.44. The van der Waals surface area contributed by atoms with Crippen LogP contribution in [-0.2, 0) is 7.05 Å². The van der Waals surface area contributed by atoms with Crippen molar-refractivity contribution < 1.29 is 23.0 Å². The first-order valence-electron chi connectivity index (χ1n) is 13.9. The van der Waals surface area contributed by atoms with Gasteiger partial charge in [0.15, 0.2) is 6.20 Å². The molecule has 5 rings (SSSR count). The van der Waals surface area contributed by atoms with Gasteiger partial charge in [0.25, 0.3) is 0 Å². The highest BCUT2D eigenvalue weighted by molar-refractivity contribution is 6.13. The van der Waals surface area contributed by atoms with E-state index < -0.39 is 25.4 Å². The number of pyridine rings is 1. The molecule has 0 fully saturated rings. The SMILES string of the molecule is [2H]C([2H])([2H])c1cc[n+](C)c(-c2c(C)ccc3c2oc2c(-c4ccc(C([2H])(C)C([2H])([2H])[2H])cc4)c(F)ccc23)c1. The number of aryl methyl sites for hydroxylation is 3. The van der Waals surface area contributed by atoms with Gasteiger partial charge in [-0.1, -0.05) is 50.2 Å². The van der Waals surface area contributed by atoms with Gasteiger partial charge in [0.1, 0.15) is 24.0 Å². The van der Waals surface area contributed by atoms with E-state index in [-0.39, 0.29) is 11.1 Å². The van der Waals surface area contributed by atoms with Crippen molar-refractivity contribution in [3.63, 3.8) is 0 Å². The second-order valence-electron chi connectivity index (χ2n) is 8.15. The number of hydrogen-bond donors (Lipinski definition) is 0. The molecule has 0 saturated heterocycles. The van der Waals surface area contributed by atoms with E-state index in [9.17, 15) is 0 Å². The van der Waals surface area contributed by atoms with Gasteiger partial charge in [0.2, 0.25) is 5.69 Å². The minimum atomic E-state index is -2.53. The Bertz CT molecular complexity index is 1730. The lowest BCUT2D eigenvalue weighted by atomic mass is 9.96. The molecule has 160 valence electrons. The fourth-order valence-electron chi connectivity index (χ4n) is 4.27. The minimum absolute atomic E-state index is 0.202. The van der Waals surface area contributed by atoms with Crippen LogP contribution < -0.4 is 4.57 Å². The molecule has 0 aliphatic carbocycles. The maximum atomic E-state index is 15.4. The predicted molar refractivity (Wildman–Crippen MR) is 129 cm³/mol. The molecule has 0 bridgehead atoms. The zero-order valence-electron chi connectivity index (χ0n) is 25.1. The van der Waals surface area contributed by atoms with Crippen LogP contribution in [0.25, 0.3) is 44.3 Å². The number of fused-ring (bicyclic) bond motifs is 3. The molecule has 2 heterocycles. The Labute approximate surface area is 197 Å². The Morgan fingerprint density at radius 1 is 0.969 bits per heavy atom. The molecule has 5 aromatic rings. The average molecular weight is 432 g/mol. The largest absolute Gasteiger partial charge is 0.454 e. The molecule has 0 radical (unpaired) electrons. The van der Waals surface area contributed by atoms with Gasteiger partial charge in [-0.3, -0.25) is 0 Å². The molecule has 1 unspecified atom stereocenters. The van der Waals surface area contributed by atoms with Gasteiger partial charge in [-0.2, -0.15) is 0 Å². The molecule has 32 heavy (non-hydrogen) atoms. The fraction of sp³-hybridized carbons (Fsp3) is 0.207. The highest BCUT2D eigenvalue weighted by atomic mass is 19.1. The highest BCUT2D eigenvalue weighted by Crippen LogP contribution is 2.41. The summed E-state index contributed by atoms with van der Waals surface area (Å²) >= 11 is 0. The number of furan rings is 1. The number of rotatable bonds is 3. The molecule has 0 saturated carbocycles. The van der Waals surface area contributed by atoms with Crippen molar-refractivity contribution >= 4 is 21.9 Å². The van der Waals surface area contributed by atoms with Crippen molar-refractivity contribution in [1.29, 1.82) is 0 Å². The van der Waals surface area contributed by atoms with Crippen LogP contribution in [0.15, 0.2) is 71.3 Å². The second kappa shape index (κ2) is 7.59. The van der Waals surface area contributed by atoms with E-state index >= 15 is 4.39 Å². The van der Waals surface area contributed by atoms with Crippen LogP contribution in [0.2, 0.25) is 0 Å². The smallest absolute Gasteiger partial charge is 0.216 e. The molecule has 1 atom stereocenters. The molecule has 0 aliphatic rings. The van der Waals surface area contributed by atoms with Gasteiger partial charge in [-0.05, 0) is 54.1 Å². The summed E-state index contributed by atoms with van der Waals surface area (Å²) in [6, 6.07) is 16.3. The first kappa shape index (κ1) is 13.8. The van der Waals surface area contributed by atoms with Crippen molar-refractivity contribution in [2.24, 2.45) is 7.05 Å². The number of hydrogen-bond acceptors (Lipinski definition) is 1. The van der Waals surface area contributed by atoms with Crippen LogP contribution in [0.3, 0.4) is 0 Å². The lowest BCUT2D eigenvalue weighted by Crippen LogP contribution is -2.30. The van der Waals surface area contributed by atoms with Crippen molar-refractivity contribution in [1.82, 2.24) is 0 Å². The Hall–Kier alpha value is -3.46. The van der Waals surface area contributed by atoms with Crippen LogP contribution in [0.1, 0.15) is 46.0 Å². The Morgan fingerprint density at radius 2 is 1.69 bits per heavy atom. The van der Waals surface area contributed by atoms with E-state index in [4.69, 9.17) is 14.0 Å². The topological polar surface area (TPSA) is 17.0 Å². The summed E-state index contributed by atoms with van der Waals surface area (Å²) in [4.78, 5) is 0. The first-order chi connectivity index (χ1) is 18.1. The third kappa shape index (κ3) is 3.20. The summed E-state index contributed by atoms with van der Waals surface area (Å²) in [6.07, 6.45) is 1.70. The number of aromatic nitrogens is 1. The molecule has 0 amide bonds. The summed E-state index contributed by atoms with van der Waals surface area (Å²) in [5.74, 6) is -2.33. The van der Waals surface area contributed by atoms with Crippen molar-refractivity contribution in [3.05, 3.63) is 89.4 Å². The minimum Gasteiger partial charge on any atom is -0.454 e. The quantitative estimate of drug-likeness (QED) is 0.268. The van der Waals surface area contributed by atoms with E-state index in [1.54, 1.807) is 36.5 Å². The van der Waals surface area contributed by atoms with Crippen LogP contribution in [-0.4, -0.2) is 0 Å². The molecule has 0 spiro atoms. The summed E-state index contributed by atoms with van der Waals surface area (Å²) in [6.45, 7) is -1.57. The lowest BCUT2D eigenvalue weighted by Gasteiger charge is -2.08. The highest BCUT2D eigenvalue weighted by Gasteiger charge is 2.23. The van der Waals surface area contributed by atoms with Crippen LogP contribution in [0.4, 0.5) is 4.39 Å². The molecular weight excluding hydrogens is 397 g/mol. The number of halogens is 1. The normalized spacial score (nSPS) is 17.6. The average Bonchev–Trinajstić information content (AvgIpc) is 3.21. The van der Waals surface area contributed by atoms with E-state index in [0.29, 0.717) is 38.9 Å². The van der Waals surface area contributed by atoms with E-state index in [0.717, 1.165) is 10.9 Å². The van der Waals surface area contributed by atoms with Gasteiger partial charge >= 0.3 is 0 Å². The predicted octanol–water partition coefficient (Wildman–Crippen LogP) is 7.62. The molecular formula is C29H27FNO+. The number of nitrogens with zero attached hydrogens (tertiary/aromatic N) is 1. The van der Waals surface area contributed by atoms with Crippen molar-refractivity contribution in [3.8, 4) is 22.4 Å². The molecule has 0 aliphatic heterocycles. The third-order valence-corrected chi connectivity index (χ3v) is 5.98. The van der Waals surface area contributed by atoms with Gasteiger partial charge in [0, 0.05) is 32.5 Å². The first-order valence-corrected chi connectivity index (χ1v) is 10.4. The van der Waals surface area contributed by atoms with Crippen LogP contribution >= 0.6 is 0 Å². The van der Waals surface area contributed by atoms with Crippen LogP contribution in [0.5, 0.6) is 0 Å². The van der Waals surface area contributed by atoms with Gasteiger partial charge < -0.3 is 4.42 Å². The molecule has 0 N–H and O–H groups in total. The van der Waals surface area contributed by atoms with Gasteiger partial charge in [0.05, 0.1) is 11.1 Å². The maximum Gasteiger partial charge on any atom is 0.216 e. The van der Waals surface area contributed by atoms with Gasteiger partial charge in [-0.25, -0.2) is 8.96 Å². The summed E-state index contributed by atoms with van der Waals surface area (Å²) in [5.41, 5.74) is 4.26. The Balaban J connectivity index is 1.75. The van der Waals surface area contributed by atoms with E-state index in [2.05, 4.69) is 0 Å². The van der Waals surface area contributed by atoms with Crippen LogP contribution in [0, 0.1) is 19.6 Å². The van der Waals surface area contributed by atoms with Crippen molar-refractivity contribution in [2.45, 2.75) is 33.4 Å². The second-order valence-corrected chi connectivity index (χ2v) is 8.15. The number of benzene rings is 3. The van der Waals surface area contributed by atoms with E-state index in [1.807, 2.05) is 30.7 Å². The molecule has 2 nitrogen and oxygen atoms in total. The maximum absolute atomic E-state index is 15.4. The van der Waals surface area contributed by atoms with Crippen molar-refractivity contribution in [2.75, 3.05) is 0 Å². The summed E-state index contributed by atoms with van der Waals surface area (Å²) in [7, 11) is 1.82. The standard InChI is InChI=1S/C29H27FNO/c1-17(2)20-7-9-21(10-8-20)27-24(30)13-12-23-22-11-6-19(4)26(28(22)32-29(23)27)25-16-18(3)14-15-31(25)5/h6-17H,1-5H3/q+1/i1D3,3D3,17D. The lowest BCUT2D eigenvalue weighted by molar-refractivity contribution is -0.660. The monoisotopic (exact) mass is 431 g/mol. The van der Waals surface area contributed by atoms with E-state index in [1.165, 1.54) is 25.1 Å². The molecule has 3 aromatic carbocycles. The Kier molecular flexibility index (Phi) is 3.29. The molecule has 3 heteroatoms. The third-order valence-electron chi connectivity index (χ3n) is 5.98. The Morgan fingerprint density at radius 3 is 2.41 bits per heavy atom. The summed E-state index contributed by atoms with van der Waals surface area (Å²) < 4.78 is 78.6. The zero-order chi connectivity index (χ0) is 28.5. The molecule has 2 aromatic heterocycles. The fourth-order valence-corrected chi connectivity index (χ4v) is 4.27.